The fourth-order valence-corrected chi connectivity index (χ4v) is 3.14. The van der Waals surface area contributed by atoms with Gasteiger partial charge in [-0.1, -0.05) is 15.9 Å². The maximum absolute atomic E-state index is 13.3. The number of hydrogen-bond donors (Lipinski definition) is 1. The highest BCUT2D eigenvalue weighted by Gasteiger charge is 2.29. The first-order valence-electron chi connectivity index (χ1n) is 6.04. The largest absolute Gasteiger partial charge is 0.329 e. The van der Waals surface area contributed by atoms with Gasteiger partial charge in [-0.2, -0.15) is 0 Å². The van der Waals surface area contributed by atoms with E-state index < -0.39 is 0 Å². The molecule has 1 fully saturated rings. The lowest BCUT2D eigenvalue weighted by Crippen LogP contribution is -2.36. The van der Waals surface area contributed by atoms with Crippen LogP contribution in [0.25, 0.3) is 0 Å². The number of nitrogens with two attached hydrogens (primary N) is 1. The molecule has 1 heterocycles. The monoisotopic (exact) mass is 300 g/mol. The first kappa shape index (κ1) is 13.0. The Bertz CT molecular complexity index is 397. The SMILES string of the molecule is CC1CCCN1C(CN)c1cc(F)ccc1Br. The number of halogens is 2. The van der Waals surface area contributed by atoms with Crippen molar-refractivity contribution < 1.29 is 4.39 Å². The molecule has 0 saturated carbocycles. The number of hydrogen-bond acceptors (Lipinski definition) is 2. The van der Waals surface area contributed by atoms with Crippen LogP contribution in [0.3, 0.4) is 0 Å². The molecule has 4 heteroatoms. The molecule has 94 valence electrons. The third-order valence-electron chi connectivity index (χ3n) is 3.55. The van der Waals surface area contributed by atoms with E-state index in [9.17, 15) is 4.39 Å². The minimum Gasteiger partial charge on any atom is -0.329 e. The van der Waals surface area contributed by atoms with Gasteiger partial charge in [-0.25, -0.2) is 4.39 Å². The van der Waals surface area contributed by atoms with Crippen molar-refractivity contribution in [3.8, 4) is 0 Å². The summed E-state index contributed by atoms with van der Waals surface area (Å²) in [5, 5.41) is 0. The van der Waals surface area contributed by atoms with E-state index in [0.717, 1.165) is 16.6 Å². The molecule has 2 nitrogen and oxygen atoms in total. The second-order valence-electron chi connectivity index (χ2n) is 4.65. The Kier molecular flexibility index (Phi) is 4.17. The highest BCUT2D eigenvalue weighted by molar-refractivity contribution is 9.10. The Balaban J connectivity index is 2.31. The number of nitrogens with zero attached hydrogens (tertiary/aromatic N) is 1. The Morgan fingerprint density at radius 1 is 1.59 bits per heavy atom. The van der Waals surface area contributed by atoms with Crippen molar-refractivity contribution in [2.45, 2.75) is 31.8 Å². The van der Waals surface area contributed by atoms with Gasteiger partial charge in [0.15, 0.2) is 0 Å². The zero-order chi connectivity index (χ0) is 12.4. The van der Waals surface area contributed by atoms with Gasteiger partial charge in [0.2, 0.25) is 0 Å². The molecule has 2 rings (SSSR count). The maximum Gasteiger partial charge on any atom is 0.123 e. The Hall–Kier alpha value is -0.450. The molecule has 2 unspecified atom stereocenters. The molecular weight excluding hydrogens is 283 g/mol. The van der Waals surface area contributed by atoms with Gasteiger partial charge in [-0.15, -0.1) is 0 Å². The second kappa shape index (κ2) is 5.46. The fraction of sp³-hybridized carbons (Fsp3) is 0.538. The molecule has 0 aromatic heterocycles. The molecule has 0 spiro atoms. The van der Waals surface area contributed by atoms with Crippen LogP contribution < -0.4 is 5.73 Å². The van der Waals surface area contributed by atoms with Crippen molar-refractivity contribution in [3.63, 3.8) is 0 Å². The molecule has 17 heavy (non-hydrogen) atoms. The first-order chi connectivity index (χ1) is 8.13. The molecule has 0 bridgehead atoms. The van der Waals surface area contributed by atoms with Crippen LogP contribution in [0, 0.1) is 5.82 Å². The Labute approximate surface area is 110 Å². The van der Waals surface area contributed by atoms with Crippen LogP contribution in [0.4, 0.5) is 4.39 Å². The number of likely N-dealkylation sites (tertiary alicyclic amines) is 1. The fourth-order valence-electron chi connectivity index (χ4n) is 2.63. The third-order valence-corrected chi connectivity index (χ3v) is 4.27. The van der Waals surface area contributed by atoms with Crippen LogP contribution in [-0.4, -0.2) is 24.0 Å². The lowest BCUT2D eigenvalue weighted by Gasteiger charge is -2.31. The van der Waals surface area contributed by atoms with Crippen LogP contribution in [0.5, 0.6) is 0 Å². The van der Waals surface area contributed by atoms with E-state index in [-0.39, 0.29) is 11.9 Å². The standard InChI is InChI=1S/C13H18BrFN2/c1-9-3-2-6-17(9)13(8-16)11-7-10(15)4-5-12(11)14/h4-5,7,9,13H,2-3,6,8,16H2,1H3. The molecule has 0 amide bonds. The summed E-state index contributed by atoms with van der Waals surface area (Å²) < 4.78 is 14.3. The third kappa shape index (κ3) is 2.69. The van der Waals surface area contributed by atoms with Gasteiger partial charge in [0, 0.05) is 23.1 Å². The highest BCUT2D eigenvalue weighted by Crippen LogP contribution is 2.32. The second-order valence-corrected chi connectivity index (χ2v) is 5.50. The molecule has 0 aliphatic carbocycles. The molecule has 1 aliphatic rings. The summed E-state index contributed by atoms with van der Waals surface area (Å²) in [5.41, 5.74) is 6.84. The van der Waals surface area contributed by atoms with Gasteiger partial charge in [0.1, 0.15) is 5.82 Å². The van der Waals surface area contributed by atoms with Crippen LogP contribution >= 0.6 is 15.9 Å². The summed E-state index contributed by atoms with van der Waals surface area (Å²) in [7, 11) is 0. The van der Waals surface area contributed by atoms with Gasteiger partial charge in [0.25, 0.3) is 0 Å². The van der Waals surface area contributed by atoms with Crippen LogP contribution in [0.2, 0.25) is 0 Å². The van der Waals surface area contributed by atoms with Crippen molar-refractivity contribution in [3.05, 3.63) is 34.1 Å². The van der Waals surface area contributed by atoms with Gasteiger partial charge in [-0.3, -0.25) is 4.90 Å². The lowest BCUT2D eigenvalue weighted by molar-refractivity contribution is 0.194. The van der Waals surface area contributed by atoms with Crippen molar-refractivity contribution in [2.75, 3.05) is 13.1 Å². The predicted octanol–water partition coefficient (Wildman–Crippen LogP) is 3.07. The van der Waals surface area contributed by atoms with Crippen molar-refractivity contribution in [1.82, 2.24) is 4.90 Å². The zero-order valence-electron chi connectivity index (χ0n) is 10.00. The quantitative estimate of drug-likeness (QED) is 0.929. The summed E-state index contributed by atoms with van der Waals surface area (Å²) >= 11 is 3.49. The normalized spacial score (nSPS) is 22.9. The molecular formula is C13H18BrFN2. The average molecular weight is 301 g/mol. The van der Waals surface area contributed by atoms with Gasteiger partial charge in [0.05, 0.1) is 0 Å². The molecule has 2 N–H and O–H groups in total. The average Bonchev–Trinajstić information content (AvgIpc) is 2.71. The smallest absolute Gasteiger partial charge is 0.123 e. The van der Waals surface area contributed by atoms with Crippen molar-refractivity contribution >= 4 is 15.9 Å². The molecule has 0 radical (unpaired) electrons. The zero-order valence-corrected chi connectivity index (χ0v) is 11.6. The minimum atomic E-state index is -0.200. The summed E-state index contributed by atoms with van der Waals surface area (Å²) in [5.74, 6) is -0.200. The molecule has 1 aromatic rings. The van der Waals surface area contributed by atoms with E-state index in [1.54, 1.807) is 12.1 Å². The summed E-state index contributed by atoms with van der Waals surface area (Å²) in [4.78, 5) is 2.37. The number of rotatable bonds is 3. The molecule has 1 saturated heterocycles. The lowest BCUT2D eigenvalue weighted by atomic mass is 10.0. The van der Waals surface area contributed by atoms with Crippen molar-refractivity contribution in [1.29, 1.82) is 0 Å². The van der Waals surface area contributed by atoms with E-state index in [4.69, 9.17) is 5.73 Å². The predicted molar refractivity (Wildman–Crippen MR) is 71.3 cm³/mol. The maximum atomic E-state index is 13.3. The van der Waals surface area contributed by atoms with E-state index in [2.05, 4.69) is 27.8 Å². The van der Waals surface area contributed by atoms with E-state index in [1.165, 1.54) is 18.9 Å². The van der Waals surface area contributed by atoms with Gasteiger partial charge < -0.3 is 5.73 Å². The van der Waals surface area contributed by atoms with Crippen molar-refractivity contribution in [2.24, 2.45) is 5.73 Å². The number of benzene rings is 1. The Morgan fingerprint density at radius 2 is 2.35 bits per heavy atom. The Morgan fingerprint density at radius 3 is 2.94 bits per heavy atom. The summed E-state index contributed by atoms with van der Waals surface area (Å²) in [6, 6.07) is 5.45. The molecule has 2 atom stereocenters. The summed E-state index contributed by atoms with van der Waals surface area (Å²) in [6.45, 7) is 3.78. The highest BCUT2D eigenvalue weighted by atomic mass is 79.9. The van der Waals surface area contributed by atoms with Gasteiger partial charge in [-0.05, 0) is 50.1 Å². The minimum absolute atomic E-state index is 0.109. The van der Waals surface area contributed by atoms with Crippen LogP contribution in [0.1, 0.15) is 31.4 Å². The van der Waals surface area contributed by atoms with E-state index >= 15 is 0 Å². The summed E-state index contributed by atoms with van der Waals surface area (Å²) in [6.07, 6.45) is 2.40. The van der Waals surface area contributed by atoms with Gasteiger partial charge >= 0.3 is 0 Å². The van der Waals surface area contributed by atoms with E-state index in [1.807, 2.05) is 0 Å². The topological polar surface area (TPSA) is 29.3 Å². The molecule has 1 aliphatic heterocycles. The van der Waals surface area contributed by atoms with Crippen LogP contribution in [0.15, 0.2) is 22.7 Å². The first-order valence-corrected chi connectivity index (χ1v) is 6.83. The van der Waals surface area contributed by atoms with Crippen LogP contribution in [-0.2, 0) is 0 Å². The molecule has 1 aromatic carbocycles. The van der Waals surface area contributed by atoms with E-state index in [0.29, 0.717) is 12.6 Å².